The van der Waals surface area contributed by atoms with Gasteiger partial charge in [-0.3, -0.25) is 15.1 Å². The third-order valence-electron chi connectivity index (χ3n) is 3.88. The Morgan fingerprint density at radius 1 is 1.20 bits per heavy atom. The molecule has 7 nitrogen and oxygen atoms in total. The topological polar surface area (TPSA) is 86.0 Å². The molecule has 1 N–H and O–H groups in total. The lowest BCUT2D eigenvalue weighted by Gasteiger charge is -2.17. The van der Waals surface area contributed by atoms with Crippen molar-refractivity contribution in [3.63, 3.8) is 0 Å². The third-order valence-corrected chi connectivity index (χ3v) is 3.88. The highest BCUT2D eigenvalue weighted by molar-refractivity contribution is 5.99. The molecule has 25 heavy (non-hydrogen) atoms. The smallest absolute Gasteiger partial charge is 0.269 e. The standard InChI is InChI=1S/C18H19N3O4/c1-24-17-11-14(18-19-9-2-10-20-18)5-8-16(17)25-12-13-3-6-15(7-4-13)21(22)23/h3-8,11H,2,9-10,12H2,1H3,(H,19,20). The molecule has 0 aromatic heterocycles. The summed E-state index contributed by atoms with van der Waals surface area (Å²) < 4.78 is 11.2. The number of non-ortho nitro benzene ring substituents is 1. The van der Waals surface area contributed by atoms with Gasteiger partial charge in [-0.2, -0.15) is 0 Å². The second kappa shape index (κ2) is 7.65. The molecule has 0 aliphatic carbocycles. The largest absolute Gasteiger partial charge is 0.493 e. The van der Waals surface area contributed by atoms with E-state index in [9.17, 15) is 10.1 Å². The minimum absolute atomic E-state index is 0.0615. The van der Waals surface area contributed by atoms with E-state index < -0.39 is 4.92 Å². The summed E-state index contributed by atoms with van der Waals surface area (Å²) in [6, 6.07) is 12.0. The van der Waals surface area contributed by atoms with Crippen molar-refractivity contribution < 1.29 is 14.4 Å². The zero-order chi connectivity index (χ0) is 17.6. The van der Waals surface area contributed by atoms with Crippen LogP contribution in [-0.4, -0.2) is 31.0 Å². The molecule has 0 radical (unpaired) electrons. The Morgan fingerprint density at radius 2 is 2.00 bits per heavy atom. The molecule has 0 atom stereocenters. The molecule has 7 heteroatoms. The fourth-order valence-corrected chi connectivity index (χ4v) is 2.54. The van der Waals surface area contributed by atoms with E-state index in [1.807, 2.05) is 18.2 Å². The average Bonchev–Trinajstić information content (AvgIpc) is 2.67. The van der Waals surface area contributed by atoms with Crippen molar-refractivity contribution in [3.05, 3.63) is 63.7 Å². The Labute approximate surface area is 145 Å². The number of rotatable bonds is 6. The Balaban J connectivity index is 1.71. The first kappa shape index (κ1) is 16.8. The van der Waals surface area contributed by atoms with Crippen molar-refractivity contribution in [2.45, 2.75) is 13.0 Å². The van der Waals surface area contributed by atoms with Gasteiger partial charge in [0, 0.05) is 30.8 Å². The van der Waals surface area contributed by atoms with E-state index in [1.165, 1.54) is 12.1 Å². The lowest BCUT2D eigenvalue weighted by molar-refractivity contribution is -0.384. The fourth-order valence-electron chi connectivity index (χ4n) is 2.54. The molecular formula is C18H19N3O4. The molecule has 130 valence electrons. The summed E-state index contributed by atoms with van der Waals surface area (Å²) in [5, 5.41) is 14.0. The van der Waals surface area contributed by atoms with Gasteiger partial charge in [-0.1, -0.05) is 0 Å². The van der Waals surface area contributed by atoms with Crippen molar-refractivity contribution in [2.24, 2.45) is 4.99 Å². The number of ether oxygens (including phenoxy) is 2. The molecule has 1 aliphatic heterocycles. The first-order chi connectivity index (χ1) is 12.2. The summed E-state index contributed by atoms with van der Waals surface area (Å²) >= 11 is 0. The molecule has 0 unspecified atom stereocenters. The highest BCUT2D eigenvalue weighted by Crippen LogP contribution is 2.29. The Bertz CT molecular complexity index is 787. The molecule has 0 saturated heterocycles. The quantitative estimate of drug-likeness (QED) is 0.645. The van der Waals surface area contributed by atoms with Gasteiger partial charge >= 0.3 is 0 Å². The number of hydrogen-bond donors (Lipinski definition) is 1. The van der Waals surface area contributed by atoms with E-state index >= 15 is 0 Å². The maximum Gasteiger partial charge on any atom is 0.269 e. The van der Waals surface area contributed by atoms with Gasteiger partial charge in [0.1, 0.15) is 12.4 Å². The van der Waals surface area contributed by atoms with Crippen LogP contribution in [0, 0.1) is 10.1 Å². The van der Waals surface area contributed by atoms with Crippen LogP contribution in [0.4, 0.5) is 5.69 Å². The van der Waals surface area contributed by atoms with Gasteiger partial charge in [-0.15, -0.1) is 0 Å². The molecule has 0 saturated carbocycles. The molecule has 1 aliphatic rings. The van der Waals surface area contributed by atoms with Gasteiger partial charge in [-0.05, 0) is 42.3 Å². The van der Waals surface area contributed by atoms with Crippen LogP contribution in [0.5, 0.6) is 11.5 Å². The number of methoxy groups -OCH3 is 1. The van der Waals surface area contributed by atoms with E-state index in [0.717, 1.165) is 36.5 Å². The molecule has 2 aromatic carbocycles. The maximum atomic E-state index is 10.7. The van der Waals surface area contributed by atoms with Gasteiger partial charge in [0.15, 0.2) is 11.5 Å². The second-order valence-electron chi connectivity index (χ2n) is 5.59. The number of amidine groups is 1. The molecule has 0 amide bonds. The predicted molar refractivity (Wildman–Crippen MR) is 94.4 cm³/mol. The van der Waals surface area contributed by atoms with Crippen molar-refractivity contribution in [1.29, 1.82) is 0 Å². The zero-order valence-electron chi connectivity index (χ0n) is 13.9. The van der Waals surface area contributed by atoms with Crippen molar-refractivity contribution >= 4 is 11.5 Å². The van der Waals surface area contributed by atoms with E-state index in [-0.39, 0.29) is 5.69 Å². The van der Waals surface area contributed by atoms with Gasteiger partial charge < -0.3 is 14.8 Å². The number of benzene rings is 2. The van der Waals surface area contributed by atoms with Crippen LogP contribution in [0.15, 0.2) is 47.5 Å². The van der Waals surface area contributed by atoms with Crippen LogP contribution >= 0.6 is 0 Å². The highest BCUT2D eigenvalue weighted by Gasteiger charge is 2.12. The van der Waals surface area contributed by atoms with Crippen LogP contribution in [0.3, 0.4) is 0 Å². The second-order valence-corrected chi connectivity index (χ2v) is 5.59. The molecule has 0 fully saturated rings. The minimum Gasteiger partial charge on any atom is -0.493 e. The summed E-state index contributed by atoms with van der Waals surface area (Å²) in [6.07, 6.45) is 1.04. The van der Waals surface area contributed by atoms with Crippen LogP contribution in [0.2, 0.25) is 0 Å². The predicted octanol–water partition coefficient (Wildman–Crippen LogP) is 2.92. The van der Waals surface area contributed by atoms with E-state index in [2.05, 4.69) is 10.3 Å². The summed E-state index contributed by atoms with van der Waals surface area (Å²) in [7, 11) is 1.59. The Kier molecular flexibility index (Phi) is 5.13. The van der Waals surface area contributed by atoms with Gasteiger partial charge in [0.2, 0.25) is 0 Å². The van der Waals surface area contributed by atoms with Crippen LogP contribution in [0.1, 0.15) is 17.5 Å². The summed E-state index contributed by atoms with van der Waals surface area (Å²) in [5.74, 6) is 2.10. The van der Waals surface area contributed by atoms with E-state index in [0.29, 0.717) is 18.1 Å². The minimum atomic E-state index is -0.422. The van der Waals surface area contributed by atoms with E-state index in [4.69, 9.17) is 9.47 Å². The summed E-state index contributed by atoms with van der Waals surface area (Å²) in [4.78, 5) is 14.7. The van der Waals surface area contributed by atoms with E-state index in [1.54, 1.807) is 19.2 Å². The molecule has 2 aromatic rings. The number of hydrogen-bond acceptors (Lipinski definition) is 6. The Morgan fingerprint density at radius 3 is 2.64 bits per heavy atom. The fraction of sp³-hybridized carbons (Fsp3) is 0.278. The molecule has 1 heterocycles. The molecular weight excluding hydrogens is 322 g/mol. The number of nitro benzene ring substituents is 1. The molecule has 3 rings (SSSR count). The van der Waals surface area contributed by atoms with Gasteiger partial charge in [0.05, 0.1) is 12.0 Å². The Hall–Kier alpha value is -3.09. The van der Waals surface area contributed by atoms with Gasteiger partial charge in [-0.25, -0.2) is 0 Å². The summed E-state index contributed by atoms with van der Waals surface area (Å²) in [5.41, 5.74) is 1.86. The SMILES string of the molecule is COc1cc(C2=NCCCN2)ccc1OCc1ccc([N+](=O)[O-])cc1. The maximum absolute atomic E-state index is 10.7. The number of nitrogens with zero attached hydrogens (tertiary/aromatic N) is 2. The lowest BCUT2D eigenvalue weighted by Crippen LogP contribution is -2.30. The number of nitrogens with one attached hydrogen (secondary N) is 1. The van der Waals surface area contributed by atoms with Crippen LogP contribution in [0.25, 0.3) is 0 Å². The van der Waals surface area contributed by atoms with Gasteiger partial charge in [0.25, 0.3) is 5.69 Å². The molecule has 0 spiro atoms. The molecule has 0 bridgehead atoms. The first-order valence-corrected chi connectivity index (χ1v) is 8.00. The van der Waals surface area contributed by atoms with Crippen LogP contribution < -0.4 is 14.8 Å². The highest BCUT2D eigenvalue weighted by atomic mass is 16.6. The first-order valence-electron chi connectivity index (χ1n) is 8.00. The van der Waals surface area contributed by atoms with Crippen molar-refractivity contribution in [1.82, 2.24) is 5.32 Å². The lowest BCUT2D eigenvalue weighted by atomic mass is 10.1. The third kappa shape index (κ3) is 4.06. The average molecular weight is 341 g/mol. The normalized spacial score (nSPS) is 13.6. The van der Waals surface area contributed by atoms with Crippen LogP contribution in [-0.2, 0) is 6.61 Å². The van der Waals surface area contributed by atoms with Crippen molar-refractivity contribution in [2.75, 3.05) is 20.2 Å². The van der Waals surface area contributed by atoms with Crippen molar-refractivity contribution in [3.8, 4) is 11.5 Å². The monoisotopic (exact) mass is 341 g/mol. The number of nitro groups is 1. The summed E-state index contributed by atoms with van der Waals surface area (Å²) in [6.45, 7) is 2.04. The zero-order valence-corrected chi connectivity index (χ0v) is 13.9. The number of aliphatic imine (C=N–C) groups is 1.